The molecule has 0 saturated heterocycles. The third kappa shape index (κ3) is 4.63. The van der Waals surface area contributed by atoms with E-state index < -0.39 is 10.0 Å². The Morgan fingerprint density at radius 1 is 1.35 bits per heavy atom. The van der Waals surface area contributed by atoms with Gasteiger partial charge < -0.3 is 5.32 Å². The van der Waals surface area contributed by atoms with Crippen LogP contribution < -0.4 is 5.32 Å². The van der Waals surface area contributed by atoms with Gasteiger partial charge in [-0.15, -0.1) is 0 Å². The number of sulfonamides is 1. The summed E-state index contributed by atoms with van der Waals surface area (Å²) in [6, 6.07) is 0.128. The zero-order valence-corrected chi connectivity index (χ0v) is 11.4. The second-order valence-corrected chi connectivity index (χ2v) is 6.45. The molecule has 1 saturated carbocycles. The number of hydrogen-bond donors (Lipinski definition) is 1. The monoisotopic (exact) mass is 262 g/mol. The fourth-order valence-corrected chi connectivity index (χ4v) is 3.42. The van der Waals surface area contributed by atoms with Crippen LogP contribution in [-0.2, 0) is 14.8 Å². The van der Waals surface area contributed by atoms with Gasteiger partial charge in [0, 0.05) is 25.6 Å². The minimum Gasteiger partial charge on any atom is -0.355 e. The van der Waals surface area contributed by atoms with E-state index in [0.717, 1.165) is 25.7 Å². The van der Waals surface area contributed by atoms with Crippen molar-refractivity contribution in [3.63, 3.8) is 0 Å². The molecule has 5 nitrogen and oxygen atoms in total. The quantitative estimate of drug-likeness (QED) is 0.767. The summed E-state index contributed by atoms with van der Waals surface area (Å²) in [6.45, 7) is 2.56. The first-order valence-electron chi connectivity index (χ1n) is 6.18. The Balaban J connectivity index is 2.50. The fraction of sp³-hybridized carbons (Fsp3) is 0.909. The number of amides is 1. The molecule has 1 aliphatic carbocycles. The van der Waals surface area contributed by atoms with Gasteiger partial charge in [0.1, 0.15) is 0 Å². The molecule has 0 aliphatic heterocycles. The van der Waals surface area contributed by atoms with E-state index in [-0.39, 0.29) is 11.9 Å². The molecule has 0 atom stereocenters. The summed E-state index contributed by atoms with van der Waals surface area (Å²) in [5, 5.41) is 2.71. The second-order valence-electron chi connectivity index (χ2n) is 4.52. The van der Waals surface area contributed by atoms with E-state index in [1.165, 1.54) is 10.6 Å². The maximum atomic E-state index is 11.7. The molecule has 0 bridgehead atoms. The Morgan fingerprint density at radius 3 is 2.41 bits per heavy atom. The lowest BCUT2D eigenvalue weighted by Crippen LogP contribution is -2.43. The molecule has 1 N–H and O–H groups in total. The summed E-state index contributed by atoms with van der Waals surface area (Å²) in [7, 11) is -3.17. The van der Waals surface area contributed by atoms with Crippen LogP contribution in [0.2, 0.25) is 0 Å². The molecule has 1 amide bonds. The number of nitrogens with zero attached hydrogens (tertiary/aromatic N) is 1. The van der Waals surface area contributed by atoms with Gasteiger partial charge in [-0.25, -0.2) is 8.42 Å². The second kappa shape index (κ2) is 6.35. The van der Waals surface area contributed by atoms with Crippen molar-refractivity contribution in [3.05, 3.63) is 0 Å². The molecular weight excluding hydrogens is 240 g/mol. The van der Waals surface area contributed by atoms with Crippen LogP contribution in [0.25, 0.3) is 0 Å². The van der Waals surface area contributed by atoms with Gasteiger partial charge in [0.15, 0.2) is 0 Å². The lowest BCUT2D eigenvalue weighted by atomic mass is 10.2. The molecule has 0 heterocycles. The number of rotatable bonds is 6. The number of carbonyl (C=O) groups excluding carboxylic acids is 1. The van der Waals surface area contributed by atoms with E-state index in [1.807, 2.05) is 0 Å². The average Bonchev–Trinajstić information content (AvgIpc) is 2.75. The van der Waals surface area contributed by atoms with Crippen molar-refractivity contribution in [1.82, 2.24) is 9.62 Å². The minimum absolute atomic E-state index is 0.0372. The standard InChI is InChI=1S/C11H22N2O3S/c1-3-11(14)12-8-9-13(17(2,15)16)10-6-4-5-7-10/h10H,3-9H2,1-2H3,(H,12,14). The van der Waals surface area contributed by atoms with Gasteiger partial charge >= 0.3 is 0 Å². The van der Waals surface area contributed by atoms with Gasteiger partial charge in [0.25, 0.3) is 0 Å². The molecule has 6 heteroatoms. The van der Waals surface area contributed by atoms with E-state index in [4.69, 9.17) is 0 Å². The van der Waals surface area contributed by atoms with E-state index >= 15 is 0 Å². The maximum Gasteiger partial charge on any atom is 0.219 e. The predicted molar refractivity (Wildman–Crippen MR) is 67.1 cm³/mol. The SMILES string of the molecule is CCC(=O)NCCN(C1CCCC1)S(C)(=O)=O. The van der Waals surface area contributed by atoms with Gasteiger partial charge in [-0.3, -0.25) is 4.79 Å². The molecule has 0 aromatic heterocycles. The molecule has 0 unspecified atom stereocenters. The highest BCUT2D eigenvalue weighted by atomic mass is 32.2. The molecule has 17 heavy (non-hydrogen) atoms. The van der Waals surface area contributed by atoms with Crippen LogP contribution in [0.1, 0.15) is 39.0 Å². The topological polar surface area (TPSA) is 66.5 Å². The summed E-state index contributed by atoms with van der Waals surface area (Å²) >= 11 is 0. The summed E-state index contributed by atoms with van der Waals surface area (Å²) in [5.74, 6) is -0.0372. The van der Waals surface area contributed by atoms with Crippen LogP contribution in [0.5, 0.6) is 0 Å². The highest BCUT2D eigenvalue weighted by Crippen LogP contribution is 2.24. The molecule has 0 aromatic carbocycles. The van der Waals surface area contributed by atoms with Crippen molar-refractivity contribution in [2.24, 2.45) is 0 Å². The van der Waals surface area contributed by atoms with Crippen LogP contribution >= 0.6 is 0 Å². The lowest BCUT2D eigenvalue weighted by molar-refractivity contribution is -0.120. The summed E-state index contributed by atoms with van der Waals surface area (Å²) < 4.78 is 24.9. The van der Waals surface area contributed by atoms with E-state index in [2.05, 4.69) is 5.32 Å². The number of hydrogen-bond acceptors (Lipinski definition) is 3. The molecule has 1 aliphatic rings. The van der Waals surface area contributed by atoms with Crippen molar-refractivity contribution in [2.75, 3.05) is 19.3 Å². The van der Waals surface area contributed by atoms with E-state index in [9.17, 15) is 13.2 Å². The first-order chi connectivity index (χ1) is 7.95. The molecule has 0 spiro atoms. The Hall–Kier alpha value is -0.620. The Labute approximate surface area is 104 Å². The minimum atomic E-state index is -3.17. The number of nitrogens with one attached hydrogen (secondary N) is 1. The fourth-order valence-electron chi connectivity index (χ4n) is 2.24. The summed E-state index contributed by atoms with van der Waals surface area (Å²) in [6.07, 6.45) is 5.74. The van der Waals surface area contributed by atoms with E-state index in [0.29, 0.717) is 19.5 Å². The largest absolute Gasteiger partial charge is 0.355 e. The third-order valence-corrected chi connectivity index (χ3v) is 4.47. The Bertz CT molecular complexity index is 348. The van der Waals surface area contributed by atoms with Gasteiger partial charge in [-0.2, -0.15) is 4.31 Å². The summed E-state index contributed by atoms with van der Waals surface area (Å²) in [4.78, 5) is 11.1. The van der Waals surface area contributed by atoms with Crippen LogP contribution in [0.15, 0.2) is 0 Å². The predicted octanol–water partition coefficient (Wildman–Crippen LogP) is 0.717. The Morgan fingerprint density at radius 2 is 1.94 bits per heavy atom. The Kier molecular flexibility index (Phi) is 5.39. The van der Waals surface area contributed by atoms with Crippen molar-refractivity contribution in [3.8, 4) is 0 Å². The van der Waals surface area contributed by atoms with Crippen molar-refractivity contribution < 1.29 is 13.2 Å². The highest BCUT2D eigenvalue weighted by molar-refractivity contribution is 7.88. The third-order valence-electron chi connectivity index (χ3n) is 3.13. The first-order valence-corrected chi connectivity index (χ1v) is 8.03. The normalized spacial score (nSPS) is 17.6. The van der Waals surface area contributed by atoms with Crippen molar-refractivity contribution in [1.29, 1.82) is 0 Å². The van der Waals surface area contributed by atoms with Gasteiger partial charge in [0.05, 0.1) is 6.26 Å². The first kappa shape index (κ1) is 14.4. The van der Waals surface area contributed by atoms with Gasteiger partial charge in [-0.05, 0) is 12.8 Å². The maximum absolute atomic E-state index is 11.7. The van der Waals surface area contributed by atoms with E-state index in [1.54, 1.807) is 6.92 Å². The number of carbonyl (C=O) groups is 1. The molecule has 0 aromatic rings. The lowest BCUT2D eigenvalue weighted by Gasteiger charge is -2.26. The molecule has 1 fully saturated rings. The zero-order chi connectivity index (χ0) is 12.9. The van der Waals surface area contributed by atoms with Crippen molar-refractivity contribution in [2.45, 2.75) is 45.1 Å². The van der Waals surface area contributed by atoms with Gasteiger partial charge in [-0.1, -0.05) is 19.8 Å². The molecule has 100 valence electrons. The molecular formula is C11H22N2O3S. The average molecular weight is 262 g/mol. The van der Waals surface area contributed by atoms with Crippen LogP contribution in [0.3, 0.4) is 0 Å². The molecule has 0 radical (unpaired) electrons. The summed E-state index contributed by atoms with van der Waals surface area (Å²) in [5.41, 5.74) is 0. The zero-order valence-electron chi connectivity index (χ0n) is 10.6. The van der Waals surface area contributed by atoms with Crippen LogP contribution in [0, 0.1) is 0 Å². The van der Waals surface area contributed by atoms with Crippen molar-refractivity contribution >= 4 is 15.9 Å². The molecule has 1 rings (SSSR count). The smallest absolute Gasteiger partial charge is 0.219 e. The van der Waals surface area contributed by atoms with Crippen LogP contribution in [-0.4, -0.2) is 44.0 Å². The van der Waals surface area contributed by atoms with Crippen LogP contribution in [0.4, 0.5) is 0 Å². The van der Waals surface area contributed by atoms with Gasteiger partial charge in [0.2, 0.25) is 15.9 Å². The highest BCUT2D eigenvalue weighted by Gasteiger charge is 2.28.